The average Bonchev–Trinajstić information content (AvgIpc) is 2.68. The average molecular weight is 385 g/mol. The van der Waals surface area contributed by atoms with Gasteiger partial charge >= 0.3 is 0 Å². The molecule has 150 valence electrons. The summed E-state index contributed by atoms with van der Waals surface area (Å²) in [6, 6.07) is 14.0. The summed E-state index contributed by atoms with van der Waals surface area (Å²) in [5, 5.41) is 5.51. The fourth-order valence-corrected chi connectivity index (χ4v) is 2.35. The third kappa shape index (κ3) is 6.92. The van der Waals surface area contributed by atoms with Crippen molar-refractivity contribution in [2.75, 3.05) is 45.7 Å². The standard InChI is InChI=1S/C21H27N3O4/c1-4-22-20(25)15-28-17-11-9-16(10-12-17)23-21(26)18-7-5-6-8-19(18)27-14-13-24(2)3/h5-12H,4,13-15H2,1-3H3,(H,22,25)(H,23,26). The van der Waals surface area contributed by atoms with Gasteiger partial charge in [0.25, 0.3) is 11.8 Å². The van der Waals surface area contributed by atoms with E-state index < -0.39 is 0 Å². The van der Waals surface area contributed by atoms with Crippen LogP contribution in [-0.2, 0) is 4.79 Å². The predicted molar refractivity (Wildman–Crippen MR) is 109 cm³/mol. The van der Waals surface area contributed by atoms with Crippen molar-refractivity contribution in [2.45, 2.75) is 6.92 Å². The molecule has 2 amide bonds. The maximum Gasteiger partial charge on any atom is 0.259 e. The van der Waals surface area contributed by atoms with E-state index >= 15 is 0 Å². The van der Waals surface area contributed by atoms with Crippen LogP contribution in [-0.4, -0.2) is 57.1 Å². The van der Waals surface area contributed by atoms with Gasteiger partial charge in [0.05, 0.1) is 5.56 Å². The highest BCUT2D eigenvalue weighted by Crippen LogP contribution is 2.21. The number of ether oxygens (including phenoxy) is 2. The van der Waals surface area contributed by atoms with Crippen LogP contribution >= 0.6 is 0 Å². The Bertz CT molecular complexity index is 775. The van der Waals surface area contributed by atoms with Crippen molar-refractivity contribution in [3.63, 3.8) is 0 Å². The molecule has 0 bridgehead atoms. The number of hydrogen-bond donors (Lipinski definition) is 2. The minimum absolute atomic E-state index is 0.0444. The molecule has 28 heavy (non-hydrogen) atoms. The second-order valence-electron chi connectivity index (χ2n) is 6.37. The number of anilines is 1. The summed E-state index contributed by atoms with van der Waals surface area (Å²) in [4.78, 5) is 26.1. The number of rotatable bonds is 10. The molecule has 0 atom stereocenters. The highest BCUT2D eigenvalue weighted by atomic mass is 16.5. The van der Waals surface area contributed by atoms with Gasteiger partial charge < -0.3 is 25.0 Å². The largest absolute Gasteiger partial charge is 0.491 e. The summed E-state index contributed by atoms with van der Waals surface area (Å²) in [5.41, 5.74) is 1.09. The van der Waals surface area contributed by atoms with Gasteiger partial charge in [-0.05, 0) is 57.4 Å². The van der Waals surface area contributed by atoms with Gasteiger partial charge in [-0.2, -0.15) is 0 Å². The van der Waals surface area contributed by atoms with Crippen LogP contribution in [0.25, 0.3) is 0 Å². The molecule has 0 radical (unpaired) electrons. The Morgan fingerprint density at radius 1 is 1.00 bits per heavy atom. The van der Waals surface area contributed by atoms with E-state index in [4.69, 9.17) is 9.47 Å². The maximum atomic E-state index is 12.6. The van der Waals surface area contributed by atoms with E-state index in [-0.39, 0.29) is 18.4 Å². The highest BCUT2D eigenvalue weighted by molar-refractivity contribution is 6.06. The van der Waals surface area contributed by atoms with Crippen LogP contribution in [0.1, 0.15) is 17.3 Å². The number of amides is 2. The van der Waals surface area contributed by atoms with Crippen molar-refractivity contribution in [3.05, 3.63) is 54.1 Å². The summed E-state index contributed by atoms with van der Waals surface area (Å²) >= 11 is 0. The van der Waals surface area contributed by atoms with Crippen LogP contribution in [0, 0.1) is 0 Å². The van der Waals surface area contributed by atoms with Gasteiger partial charge in [0.1, 0.15) is 18.1 Å². The summed E-state index contributed by atoms with van der Waals surface area (Å²) in [6.45, 7) is 3.62. The Labute approximate surface area is 165 Å². The molecular formula is C21H27N3O4. The first kappa shape index (κ1) is 21.2. The second-order valence-corrected chi connectivity index (χ2v) is 6.37. The number of likely N-dealkylation sites (N-methyl/N-ethyl adjacent to an activating group) is 2. The summed E-state index contributed by atoms with van der Waals surface area (Å²) in [5.74, 6) is 0.669. The van der Waals surface area contributed by atoms with Gasteiger partial charge in [-0.1, -0.05) is 12.1 Å². The molecular weight excluding hydrogens is 358 g/mol. The third-order valence-corrected chi connectivity index (χ3v) is 3.78. The molecule has 0 fully saturated rings. The molecule has 7 nitrogen and oxygen atoms in total. The molecule has 0 aliphatic rings. The van der Waals surface area contributed by atoms with Crippen molar-refractivity contribution in [2.24, 2.45) is 0 Å². The van der Waals surface area contributed by atoms with E-state index in [1.54, 1.807) is 42.5 Å². The van der Waals surface area contributed by atoms with E-state index in [0.29, 0.717) is 35.9 Å². The highest BCUT2D eigenvalue weighted by Gasteiger charge is 2.12. The molecule has 0 aromatic heterocycles. The minimum atomic E-state index is -0.253. The number of benzene rings is 2. The van der Waals surface area contributed by atoms with Crippen molar-refractivity contribution in [1.29, 1.82) is 0 Å². The quantitative estimate of drug-likeness (QED) is 0.657. The molecule has 2 aromatic rings. The zero-order chi connectivity index (χ0) is 20.4. The maximum absolute atomic E-state index is 12.6. The van der Waals surface area contributed by atoms with Gasteiger partial charge in [-0.25, -0.2) is 0 Å². The Morgan fingerprint density at radius 2 is 1.71 bits per heavy atom. The van der Waals surface area contributed by atoms with Crippen molar-refractivity contribution in [1.82, 2.24) is 10.2 Å². The predicted octanol–water partition coefficient (Wildman–Crippen LogP) is 2.39. The second kappa shape index (κ2) is 10.9. The van der Waals surface area contributed by atoms with E-state index in [1.807, 2.05) is 32.0 Å². The van der Waals surface area contributed by atoms with Crippen molar-refractivity contribution in [3.8, 4) is 11.5 Å². The van der Waals surface area contributed by atoms with Gasteiger partial charge in [-0.15, -0.1) is 0 Å². The van der Waals surface area contributed by atoms with E-state index in [2.05, 4.69) is 10.6 Å². The molecule has 0 heterocycles. The molecule has 2 rings (SSSR count). The Kier molecular flexibility index (Phi) is 8.30. The fraction of sp³-hybridized carbons (Fsp3) is 0.333. The molecule has 0 saturated heterocycles. The molecule has 0 aliphatic heterocycles. The third-order valence-electron chi connectivity index (χ3n) is 3.78. The van der Waals surface area contributed by atoms with Crippen LogP contribution in [0.4, 0.5) is 5.69 Å². The Hall–Kier alpha value is -3.06. The minimum Gasteiger partial charge on any atom is -0.491 e. The summed E-state index contributed by atoms with van der Waals surface area (Å²) in [7, 11) is 3.93. The van der Waals surface area contributed by atoms with Crippen LogP contribution in [0.5, 0.6) is 11.5 Å². The van der Waals surface area contributed by atoms with Gasteiger partial charge in [0, 0.05) is 18.8 Å². The SMILES string of the molecule is CCNC(=O)COc1ccc(NC(=O)c2ccccc2OCCN(C)C)cc1. The van der Waals surface area contributed by atoms with E-state index in [0.717, 1.165) is 6.54 Å². The van der Waals surface area contributed by atoms with Crippen LogP contribution in [0.15, 0.2) is 48.5 Å². The molecule has 0 unspecified atom stereocenters. The summed E-state index contributed by atoms with van der Waals surface area (Å²) in [6.07, 6.45) is 0. The number of carbonyl (C=O) groups excluding carboxylic acids is 2. The number of nitrogens with one attached hydrogen (secondary N) is 2. The van der Waals surface area contributed by atoms with Gasteiger partial charge in [0.2, 0.25) is 0 Å². The number of carbonyl (C=O) groups is 2. The smallest absolute Gasteiger partial charge is 0.259 e. The monoisotopic (exact) mass is 385 g/mol. The Morgan fingerprint density at radius 3 is 2.39 bits per heavy atom. The number of para-hydroxylation sites is 1. The van der Waals surface area contributed by atoms with Gasteiger partial charge in [-0.3, -0.25) is 9.59 Å². The van der Waals surface area contributed by atoms with Crippen LogP contribution in [0.3, 0.4) is 0 Å². The lowest BCUT2D eigenvalue weighted by Crippen LogP contribution is -2.28. The molecule has 0 aliphatic carbocycles. The first-order valence-electron chi connectivity index (χ1n) is 9.17. The summed E-state index contributed by atoms with van der Waals surface area (Å²) < 4.78 is 11.1. The Balaban J connectivity index is 1.94. The van der Waals surface area contributed by atoms with Crippen molar-refractivity contribution >= 4 is 17.5 Å². The van der Waals surface area contributed by atoms with E-state index in [9.17, 15) is 9.59 Å². The van der Waals surface area contributed by atoms with Crippen molar-refractivity contribution < 1.29 is 19.1 Å². The topological polar surface area (TPSA) is 79.9 Å². The normalized spacial score (nSPS) is 10.4. The lowest BCUT2D eigenvalue weighted by molar-refractivity contribution is -0.122. The number of hydrogen-bond acceptors (Lipinski definition) is 5. The zero-order valence-electron chi connectivity index (χ0n) is 16.5. The van der Waals surface area contributed by atoms with E-state index in [1.165, 1.54) is 0 Å². The van der Waals surface area contributed by atoms with Crippen LogP contribution < -0.4 is 20.1 Å². The lowest BCUT2D eigenvalue weighted by atomic mass is 10.2. The fourth-order valence-electron chi connectivity index (χ4n) is 2.35. The molecule has 7 heteroatoms. The molecule has 0 saturated carbocycles. The molecule has 2 aromatic carbocycles. The molecule has 0 spiro atoms. The number of nitrogens with zero attached hydrogens (tertiary/aromatic N) is 1. The first-order chi connectivity index (χ1) is 13.5. The molecule has 2 N–H and O–H groups in total. The van der Waals surface area contributed by atoms with Gasteiger partial charge in [0.15, 0.2) is 6.61 Å². The van der Waals surface area contributed by atoms with Crippen LogP contribution in [0.2, 0.25) is 0 Å². The lowest BCUT2D eigenvalue weighted by Gasteiger charge is -2.14. The first-order valence-corrected chi connectivity index (χ1v) is 9.17. The zero-order valence-corrected chi connectivity index (χ0v) is 16.5.